The van der Waals surface area contributed by atoms with Crippen LogP contribution in [0.2, 0.25) is 0 Å². The summed E-state index contributed by atoms with van der Waals surface area (Å²) >= 11 is 0. The normalized spacial score (nSPS) is 10.6. The van der Waals surface area contributed by atoms with Crippen LogP contribution in [0.15, 0.2) is 12.7 Å². The molecule has 0 atom stereocenters. The minimum atomic E-state index is -0.696. The molecule has 0 aromatic rings. The molecule has 0 unspecified atom stereocenters. The van der Waals surface area contributed by atoms with Gasteiger partial charge in [0.25, 0.3) is 0 Å². The number of carbonyl (C=O) groups excluding carboxylic acids is 1. The first-order chi connectivity index (χ1) is 12.2. The summed E-state index contributed by atoms with van der Waals surface area (Å²) in [5, 5.41) is 8.54. The Morgan fingerprint density at radius 3 is 1.76 bits per heavy atom. The Labute approximate surface area is 154 Å². The number of allylic oxidation sites excluding steroid dienone is 1. The summed E-state index contributed by atoms with van der Waals surface area (Å²) in [6.45, 7) is 4.26. The second-order valence-electron chi connectivity index (χ2n) is 6.79. The molecule has 1 N–H and O–H groups in total. The van der Waals surface area contributed by atoms with Crippen molar-refractivity contribution in [2.75, 3.05) is 6.61 Å². The van der Waals surface area contributed by atoms with Crippen molar-refractivity contribution in [3.8, 4) is 0 Å². The summed E-state index contributed by atoms with van der Waals surface area (Å²) in [5.41, 5.74) is 0. The summed E-state index contributed by atoms with van der Waals surface area (Å²) in [6, 6.07) is 0. The lowest BCUT2D eigenvalue weighted by Crippen LogP contribution is -2.05. The zero-order valence-electron chi connectivity index (χ0n) is 16.0. The third kappa shape index (κ3) is 20.6. The molecule has 0 spiro atoms. The molecule has 0 aromatic heterocycles. The SMILES string of the molecule is C=CCCCCCCCC(=O)OCCCCCCCCCCC(=O)O. The van der Waals surface area contributed by atoms with Crippen LogP contribution >= 0.6 is 0 Å². The van der Waals surface area contributed by atoms with E-state index < -0.39 is 5.97 Å². The van der Waals surface area contributed by atoms with Crippen molar-refractivity contribution in [2.24, 2.45) is 0 Å². The molecule has 0 heterocycles. The number of carboxylic acid groups (broad SMARTS) is 1. The number of unbranched alkanes of at least 4 members (excludes halogenated alkanes) is 12. The fraction of sp³-hybridized carbons (Fsp3) is 0.810. The number of esters is 1. The van der Waals surface area contributed by atoms with Crippen molar-refractivity contribution < 1.29 is 19.4 Å². The Bertz CT molecular complexity index is 339. The van der Waals surface area contributed by atoms with E-state index in [1.807, 2.05) is 6.08 Å². The molecule has 0 rings (SSSR count). The predicted octanol–water partition coefficient (Wildman–Crippen LogP) is 6.04. The first-order valence-electron chi connectivity index (χ1n) is 10.1. The van der Waals surface area contributed by atoms with Crippen LogP contribution in [0.5, 0.6) is 0 Å². The van der Waals surface area contributed by atoms with Crippen LogP contribution in [-0.4, -0.2) is 23.7 Å². The molecule has 146 valence electrons. The van der Waals surface area contributed by atoms with Crippen LogP contribution in [0.3, 0.4) is 0 Å². The average Bonchev–Trinajstić information content (AvgIpc) is 2.58. The van der Waals surface area contributed by atoms with Crippen molar-refractivity contribution in [1.82, 2.24) is 0 Å². The monoisotopic (exact) mass is 354 g/mol. The lowest BCUT2D eigenvalue weighted by Gasteiger charge is -2.05. The number of carbonyl (C=O) groups is 2. The van der Waals surface area contributed by atoms with Crippen molar-refractivity contribution >= 4 is 11.9 Å². The molecule has 4 nitrogen and oxygen atoms in total. The van der Waals surface area contributed by atoms with Crippen LogP contribution in [0.25, 0.3) is 0 Å². The topological polar surface area (TPSA) is 63.6 Å². The van der Waals surface area contributed by atoms with Gasteiger partial charge in [-0.1, -0.05) is 63.9 Å². The van der Waals surface area contributed by atoms with E-state index in [1.165, 1.54) is 38.5 Å². The number of hydrogen-bond acceptors (Lipinski definition) is 3. The number of aliphatic carboxylic acids is 1. The van der Waals surface area contributed by atoms with E-state index in [4.69, 9.17) is 9.84 Å². The van der Waals surface area contributed by atoms with E-state index in [1.54, 1.807) is 0 Å². The molecule has 0 aliphatic heterocycles. The fourth-order valence-electron chi connectivity index (χ4n) is 2.79. The second kappa shape index (κ2) is 19.0. The van der Waals surface area contributed by atoms with E-state index in [-0.39, 0.29) is 5.97 Å². The number of ether oxygens (including phenoxy) is 1. The maximum atomic E-state index is 11.6. The first kappa shape index (κ1) is 23.7. The number of carboxylic acids is 1. The quantitative estimate of drug-likeness (QED) is 0.174. The standard InChI is InChI=1S/C21H38O4/c1-2-3-4-5-8-12-15-18-21(24)25-19-16-13-10-7-6-9-11-14-17-20(22)23/h2H,1,3-19H2,(H,22,23). The zero-order valence-corrected chi connectivity index (χ0v) is 16.0. The van der Waals surface area contributed by atoms with E-state index in [0.29, 0.717) is 19.4 Å². The van der Waals surface area contributed by atoms with E-state index >= 15 is 0 Å². The summed E-state index contributed by atoms with van der Waals surface area (Å²) in [5.74, 6) is -0.748. The molecule has 25 heavy (non-hydrogen) atoms. The zero-order chi connectivity index (χ0) is 18.6. The summed E-state index contributed by atoms with van der Waals surface area (Å²) < 4.78 is 5.26. The number of hydrogen-bond donors (Lipinski definition) is 1. The minimum absolute atomic E-state index is 0.0514. The highest BCUT2D eigenvalue weighted by atomic mass is 16.5. The van der Waals surface area contributed by atoms with Gasteiger partial charge in [-0.25, -0.2) is 0 Å². The van der Waals surface area contributed by atoms with Crippen LogP contribution in [0, 0.1) is 0 Å². The molecule has 0 saturated carbocycles. The molecule has 0 radical (unpaired) electrons. The highest BCUT2D eigenvalue weighted by Crippen LogP contribution is 2.11. The van der Waals surface area contributed by atoms with Crippen molar-refractivity contribution in [3.05, 3.63) is 12.7 Å². The minimum Gasteiger partial charge on any atom is -0.481 e. The molecule has 4 heteroatoms. The fourth-order valence-corrected chi connectivity index (χ4v) is 2.79. The Morgan fingerprint density at radius 1 is 0.720 bits per heavy atom. The Hall–Kier alpha value is -1.32. The molecule has 0 aromatic carbocycles. The maximum absolute atomic E-state index is 11.6. The van der Waals surface area contributed by atoms with Crippen molar-refractivity contribution in [1.29, 1.82) is 0 Å². The lowest BCUT2D eigenvalue weighted by molar-refractivity contribution is -0.144. The van der Waals surface area contributed by atoms with Crippen LogP contribution in [-0.2, 0) is 14.3 Å². The molecule has 0 aliphatic rings. The highest BCUT2D eigenvalue weighted by Gasteiger charge is 2.02. The average molecular weight is 355 g/mol. The van der Waals surface area contributed by atoms with Gasteiger partial charge >= 0.3 is 11.9 Å². The molecule has 0 fully saturated rings. The smallest absolute Gasteiger partial charge is 0.305 e. The second-order valence-corrected chi connectivity index (χ2v) is 6.79. The van der Waals surface area contributed by atoms with Gasteiger partial charge in [-0.15, -0.1) is 6.58 Å². The van der Waals surface area contributed by atoms with Gasteiger partial charge < -0.3 is 9.84 Å². The summed E-state index contributed by atoms with van der Waals surface area (Å²) in [4.78, 5) is 22.0. The Kier molecular flexibility index (Phi) is 18.0. The molecular formula is C21H38O4. The molecular weight excluding hydrogens is 316 g/mol. The van der Waals surface area contributed by atoms with E-state index in [0.717, 1.165) is 51.4 Å². The van der Waals surface area contributed by atoms with Gasteiger partial charge in [0.05, 0.1) is 6.61 Å². The Balaban J connectivity index is 3.17. The molecule has 0 aliphatic carbocycles. The predicted molar refractivity (Wildman–Crippen MR) is 103 cm³/mol. The summed E-state index contributed by atoms with van der Waals surface area (Å²) in [6.07, 6.45) is 18.1. The largest absolute Gasteiger partial charge is 0.481 e. The lowest BCUT2D eigenvalue weighted by atomic mass is 10.1. The van der Waals surface area contributed by atoms with Gasteiger partial charge in [0.1, 0.15) is 0 Å². The van der Waals surface area contributed by atoms with Crippen LogP contribution < -0.4 is 0 Å². The third-order valence-electron chi connectivity index (χ3n) is 4.34. The van der Waals surface area contributed by atoms with Crippen molar-refractivity contribution in [2.45, 2.75) is 103 Å². The van der Waals surface area contributed by atoms with Gasteiger partial charge in [-0.2, -0.15) is 0 Å². The van der Waals surface area contributed by atoms with Crippen molar-refractivity contribution in [3.63, 3.8) is 0 Å². The van der Waals surface area contributed by atoms with Gasteiger partial charge in [0.15, 0.2) is 0 Å². The molecule has 0 amide bonds. The summed E-state index contributed by atoms with van der Waals surface area (Å²) in [7, 11) is 0. The maximum Gasteiger partial charge on any atom is 0.305 e. The first-order valence-corrected chi connectivity index (χ1v) is 10.1. The van der Waals surface area contributed by atoms with E-state index in [2.05, 4.69) is 6.58 Å². The highest BCUT2D eigenvalue weighted by molar-refractivity contribution is 5.69. The van der Waals surface area contributed by atoms with Gasteiger partial charge in [0, 0.05) is 12.8 Å². The Morgan fingerprint density at radius 2 is 1.20 bits per heavy atom. The third-order valence-corrected chi connectivity index (χ3v) is 4.34. The van der Waals surface area contributed by atoms with Crippen LogP contribution in [0.1, 0.15) is 103 Å². The van der Waals surface area contributed by atoms with Gasteiger partial charge in [-0.3, -0.25) is 9.59 Å². The van der Waals surface area contributed by atoms with Gasteiger partial charge in [0.2, 0.25) is 0 Å². The van der Waals surface area contributed by atoms with Crippen LogP contribution in [0.4, 0.5) is 0 Å². The number of rotatable bonds is 19. The van der Waals surface area contributed by atoms with E-state index in [9.17, 15) is 9.59 Å². The molecule has 0 bridgehead atoms. The molecule has 0 saturated heterocycles. The van der Waals surface area contributed by atoms with Gasteiger partial charge in [-0.05, 0) is 32.1 Å².